The van der Waals surface area contributed by atoms with E-state index in [1.807, 2.05) is 6.92 Å². The molecule has 1 N–H and O–H groups in total. The van der Waals surface area contributed by atoms with Crippen LogP contribution in [0, 0.1) is 0 Å². The van der Waals surface area contributed by atoms with Crippen molar-refractivity contribution in [3.05, 3.63) is 58.1 Å². The Morgan fingerprint density at radius 2 is 1.76 bits per heavy atom. The Hall–Kier alpha value is -2.49. The third kappa shape index (κ3) is 7.75. The van der Waals surface area contributed by atoms with E-state index in [-0.39, 0.29) is 29.2 Å². The lowest BCUT2D eigenvalue weighted by Crippen LogP contribution is -2.53. The number of carbonyl (C=O) groups excluding carboxylic acids is 2. The summed E-state index contributed by atoms with van der Waals surface area (Å²) in [5, 5.41) is 3.84. The number of nitrogens with zero attached hydrogens (tertiary/aromatic N) is 2. The van der Waals surface area contributed by atoms with Gasteiger partial charge in [0.25, 0.3) is 0 Å². The molecule has 2 aromatic rings. The molecule has 0 radical (unpaired) electrons. The van der Waals surface area contributed by atoms with Crippen molar-refractivity contribution in [3.8, 4) is 5.75 Å². The number of methoxy groups -OCH3 is 1. The van der Waals surface area contributed by atoms with E-state index in [0.29, 0.717) is 17.2 Å². The number of amides is 2. The summed E-state index contributed by atoms with van der Waals surface area (Å²) in [6, 6.07) is 10.8. The van der Waals surface area contributed by atoms with E-state index in [1.165, 1.54) is 30.2 Å². The van der Waals surface area contributed by atoms with Gasteiger partial charge in [0.2, 0.25) is 21.8 Å². The summed E-state index contributed by atoms with van der Waals surface area (Å²) in [5.41, 5.74) is 0.986. The second kappa shape index (κ2) is 12.8. The largest absolute Gasteiger partial charge is 0.495 e. The van der Waals surface area contributed by atoms with Crippen LogP contribution in [0.25, 0.3) is 0 Å². The summed E-state index contributed by atoms with van der Waals surface area (Å²) in [7, 11) is -2.41. The molecular formula is C26H33Cl2N3O5S. The van der Waals surface area contributed by atoms with Crippen LogP contribution < -0.4 is 14.4 Å². The predicted molar refractivity (Wildman–Crippen MR) is 147 cm³/mol. The molecule has 1 saturated carbocycles. The van der Waals surface area contributed by atoms with Crippen LogP contribution in [0.15, 0.2) is 42.5 Å². The van der Waals surface area contributed by atoms with Crippen molar-refractivity contribution in [2.45, 2.75) is 57.7 Å². The minimum atomic E-state index is -3.86. The van der Waals surface area contributed by atoms with E-state index in [0.717, 1.165) is 41.8 Å². The minimum Gasteiger partial charge on any atom is -0.495 e. The molecule has 0 bridgehead atoms. The van der Waals surface area contributed by atoms with E-state index in [9.17, 15) is 18.0 Å². The van der Waals surface area contributed by atoms with E-state index in [4.69, 9.17) is 27.9 Å². The third-order valence-corrected chi connectivity index (χ3v) is 8.14. The van der Waals surface area contributed by atoms with Crippen LogP contribution in [0.1, 0.15) is 44.6 Å². The molecule has 2 amide bonds. The third-order valence-electron chi connectivity index (χ3n) is 6.46. The van der Waals surface area contributed by atoms with Crippen LogP contribution in [0.5, 0.6) is 5.75 Å². The Morgan fingerprint density at radius 3 is 2.30 bits per heavy atom. The second-order valence-corrected chi connectivity index (χ2v) is 11.9. The Balaban J connectivity index is 1.93. The summed E-state index contributed by atoms with van der Waals surface area (Å²) in [5.74, 6) is -0.375. The van der Waals surface area contributed by atoms with Crippen molar-refractivity contribution >= 4 is 50.7 Å². The molecule has 2 aromatic carbocycles. The highest BCUT2D eigenvalue weighted by Crippen LogP contribution is 2.30. The zero-order valence-electron chi connectivity index (χ0n) is 21.2. The fourth-order valence-electron chi connectivity index (χ4n) is 4.50. The van der Waals surface area contributed by atoms with Gasteiger partial charge in [-0.2, -0.15) is 0 Å². The quantitative estimate of drug-likeness (QED) is 0.425. The van der Waals surface area contributed by atoms with Gasteiger partial charge < -0.3 is 15.0 Å². The summed E-state index contributed by atoms with van der Waals surface area (Å²) in [6.45, 7) is 1.45. The molecule has 202 valence electrons. The number of nitrogens with one attached hydrogen (secondary N) is 1. The molecule has 3 rings (SSSR count). The number of benzene rings is 2. The number of anilines is 1. The Morgan fingerprint density at radius 1 is 1.11 bits per heavy atom. The van der Waals surface area contributed by atoms with Crippen molar-refractivity contribution in [3.63, 3.8) is 0 Å². The summed E-state index contributed by atoms with van der Waals surface area (Å²) >= 11 is 12.3. The first-order valence-corrected chi connectivity index (χ1v) is 14.8. The Kier molecular flexibility index (Phi) is 10.1. The molecule has 0 aliphatic heterocycles. The topological polar surface area (TPSA) is 96.0 Å². The number of ether oxygens (including phenoxy) is 1. The van der Waals surface area contributed by atoms with Crippen LogP contribution in [-0.2, 0) is 26.2 Å². The van der Waals surface area contributed by atoms with Gasteiger partial charge in [-0.25, -0.2) is 8.42 Å². The van der Waals surface area contributed by atoms with Gasteiger partial charge in [0.05, 0.1) is 24.1 Å². The molecule has 0 unspecified atom stereocenters. The van der Waals surface area contributed by atoms with Gasteiger partial charge in [0, 0.05) is 17.6 Å². The van der Waals surface area contributed by atoms with Gasteiger partial charge in [-0.3, -0.25) is 13.9 Å². The van der Waals surface area contributed by atoms with Crippen LogP contribution in [-0.4, -0.2) is 57.1 Å². The van der Waals surface area contributed by atoms with Gasteiger partial charge in [-0.1, -0.05) is 55.1 Å². The molecule has 1 aliphatic rings. The smallest absolute Gasteiger partial charge is 0.244 e. The number of hydrogen-bond acceptors (Lipinski definition) is 5. The first-order chi connectivity index (χ1) is 17.5. The number of carbonyl (C=O) groups is 2. The number of sulfonamides is 1. The van der Waals surface area contributed by atoms with Crippen LogP contribution in [0.3, 0.4) is 0 Å². The van der Waals surface area contributed by atoms with Gasteiger partial charge in [-0.05, 0) is 55.2 Å². The normalized spacial score (nSPS) is 14.7. The molecule has 0 heterocycles. The van der Waals surface area contributed by atoms with E-state index in [2.05, 4.69) is 5.32 Å². The van der Waals surface area contributed by atoms with Crippen molar-refractivity contribution in [2.24, 2.45) is 0 Å². The van der Waals surface area contributed by atoms with Crippen LogP contribution >= 0.6 is 23.2 Å². The van der Waals surface area contributed by atoms with E-state index in [1.54, 1.807) is 24.3 Å². The summed E-state index contributed by atoms with van der Waals surface area (Å²) in [4.78, 5) is 28.5. The summed E-state index contributed by atoms with van der Waals surface area (Å²) in [6.07, 6.45) is 5.32. The molecule has 1 atom stereocenters. The predicted octanol–water partition coefficient (Wildman–Crippen LogP) is 4.63. The first kappa shape index (κ1) is 29.1. The second-order valence-electron chi connectivity index (χ2n) is 9.15. The first-order valence-electron chi connectivity index (χ1n) is 12.2. The van der Waals surface area contributed by atoms with Crippen molar-refractivity contribution < 1.29 is 22.7 Å². The highest BCUT2D eigenvalue weighted by atomic mass is 35.5. The molecule has 1 fully saturated rings. The molecule has 0 spiro atoms. The SMILES string of the molecule is CC[C@H](C(=O)NC1CCCC1)N(Cc1ccc(Cl)cc1)C(=O)CN(c1ccc(OC)c(Cl)c1)S(C)(=O)=O. The van der Waals surface area contributed by atoms with Crippen molar-refractivity contribution in [2.75, 3.05) is 24.2 Å². The van der Waals surface area contributed by atoms with Crippen LogP contribution in [0.2, 0.25) is 10.0 Å². The maximum Gasteiger partial charge on any atom is 0.244 e. The average Bonchev–Trinajstić information content (AvgIpc) is 3.35. The highest BCUT2D eigenvalue weighted by Gasteiger charge is 2.33. The Labute approximate surface area is 228 Å². The number of rotatable bonds is 11. The minimum absolute atomic E-state index is 0.0861. The van der Waals surface area contributed by atoms with Crippen LogP contribution in [0.4, 0.5) is 5.69 Å². The lowest BCUT2D eigenvalue weighted by molar-refractivity contribution is -0.140. The zero-order valence-corrected chi connectivity index (χ0v) is 23.6. The fraction of sp³-hybridized carbons (Fsp3) is 0.462. The van der Waals surface area contributed by atoms with E-state index < -0.39 is 28.5 Å². The van der Waals surface area contributed by atoms with Crippen molar-refractivity contribution in [1.82, 2.24) is 10.2 Å². The monoisotopic (exact) mass is 569 g/mol. The molecule has 0 saturated heterocycles. The van der Waals surface area contributed by atoms with Gasteiger partial charge >= 0.3 is 0 Å². The maximum absolute atomic E-state index is 13.8. The Bertz CT molecular complexity index is 1200. The fourth-order valence-corrected chi connectivity index (χ4v) is 5.72. The van der Waals surface area contributed by atoms with E-state index >= 15 is 0 Å². The van der Waals surface area contributed by atoms with Crippen molar-refractivity contribution in [1.29, 1.82) is 0 Å². The number of hydrogen-bond donors (Lipinski definition) is 1. The number of halogens is 2. The summed E-state index contributed by atoms with van der Waals surface area (Å²) < 4.78 is 31.6. The maximum atomic E-state index is 13.8. The lowest BCUT2D eigenvalue weighted by Gasteiger charge is -2.33. The van der Waals surface area contributed by atoms with Gasteiger partial charge in [-0.15, -0.1) is 0 Å². The average molecular weight is 571 g/mol. The molecule has 8 nitrogen and oxygen atoms in total. The molecule has 0 aromatic heterocycles. The van der Waals surface area contributed by atoms with Gasteiger partial charge in [0.1, 0.15) is 18.3 Å². The standard InChI is InChI=1S/C26H33Cl2N3O5S/c1-4-23(26(33)29-20-7-5-6-8-20)30(16-18-9-11-19(27)12-10-18)25(32)17-31(37(3,34)35)21-13-14-24(36-2)22(28)15-21/h9-15,20,23H,4-8,16-17H2,1-3H3,(H,29,33)/t23-/m1/s1. The molecule has 11 heteroatoms. The molecule has 37 heavy (non-hydrogen) atoms. The zero-order chi connectivity index (χ0) is 27.2. The highest BCUT2D eigenvalue weighted by molar-refractivity contribution is 7.92. The lowest BCUT2D eigenvalue weighted by atomic mass is 10.1. The van der Waals surface area contributed by atoms with Gasteiger partial charge in [0.15, 0.2) is 0 Å². The molecular weight excluding hydrogens is 537 g/mol. The molecule has 1 aliphatic carbocycles.